The van der Waals surface area contributed by atoms with Gasteiger partial charge in [-0.3, -0.25) is 9.48 Å². The molecule has 1 heterocycles. The van der Waals surface area contributed by atoms with Crippen LogP contribution in [0.4, 0.5) is 0 Å². The maximum absolute atomic E-state index is 11.9. The number of halogens is 1. The number of hydrogen-bond donors (Lipinski definition) is 1. The zero-order chi connectivity index (χ0) is 13.7. The maximum Gasteiger partial charge on any atom is 0.138 e. The van der Waals surface area contributed by atoms with E-state index in [0.717, 1.165) is 35.2 Å². The lowest BCUT2D eigenvalue weighted by atomic mass is 10.1. The van der Waals surface area contributed by atoms with Gasteiger partial charge in [0.15, 0.2) is 0 Å². The van der Waals surface area contributed by atoms with Gasteiger partial charge >= 0.3 is 0 Å². The van der Waals surface area contributed by atoms with Crippen LogP contribution in [0, 0.1) is 0 Å². The van der Waals surface area contributed by atoms with Gasteiger partial charge < -0.3 is 5.73 Å². The van der Waals surface area contributed by atoms with Gasteiger partial charge in [-0.2, -0.15) is 5.10 Å². The summed E-state index contributed by atoms with van der Waals surface area (Å²) in [5.41, 5.74) is 7.68. The molecule has 0 spiro atoms. The van der Waals surface area contributed by atoms with Gasteiger partial charge in [0.25, 0.3) is 0 Å². The Labute approximate surface area is 117 Å². The Morgan fingerprint density at radius 2 is 2.17 bits per heavy atom. The summed E-state index contributed by atoms with van der Waals surface area (Å²) >= 11 is 3.55. The second kappa shape index (κ2) is 7.04. The summed E-state index contributed by atoms with van der Waals surface area (Å²) in [6, 6.07) is 0.0830. The molecule has 0 saturated carbocycles. The van der Waals surface area contributed by atoms with Crippen molar-refractivity contribution in [1.82, 2.24) is 9.78 Å². The van der Waals surface area contributed by atoms with Crippen LogP contribution in [0.5, 0.6) is 0 Å². The number of carbonyl (C=O) groups is 1. The Morgan fingerprint density at radius 3 is 2.67 bits per heavy atom. The number of nitrogens with zero attached hydrogens (tertiary/aromatic N) is 2. The highest BCUT2D eigenvalue weighted by Gasteiger charge is 2.16. The number of aryl methyl sites for hydroxylation is 2. The third-order valence-corrected chi connectivity index (χ3v) is 3.85. The van der Waals surface area contributed by atoms with Gasteiger partial charge in [-0.15, -0.1) is 0 Å². The van der Waals surface area contributed by atoms with E-state index in [1.54, 1.807) is 0 Å². The molecule has 18 heavy (non-hydrogen) atoms. The number of aromatic nitrogens is 2. The van der Waals surface area contributed by atoms with Crippen molar-refractivity contribution in [1.29, 1.82) is 0 Å². The molecule has 0 aliphatic rings. The van der Waals surface area contributed by atoms with E-state index in [1.165, 1.54) is 0 Å². The van der Waals surface area contributed by atoms with E-state index in [-0.39, 0.29) is 11.8 Å². The number of hydrogen-bond acceptors (Lipinski definition) is 3. The molecular weight excluding hydrogens is 294 g/mol. The van der Waals surface area contributed by atoms with Gasteiger partial charge in [0, 0.05) is 25.4 Å². The number of rotatable bonds is 7. The van der Waals surface area contributed by atoms with Crippen molar-refractivity contribution in [3.05, 3.63) is 15.9 Å². The smallest absolute Gasteiger partial charge is 0.138 e. The summed E-state index contributed by atoms with van der Waals surface area (Å²) < 4.78 is 2.90. The minimum Gasteiger partial charge on any atom is -0.328 e. The molecule has 4 nitrogen and oxygen atoms in total. The molecule has 1 rings (SSSR count). The average molecular weight is 316 g/mol. The highest BCUT2D eigenvalue weighted by molar-refractivity contribution is 9.10. The van der Waals surface area contributed by atoms with Crippen LogP contribution in [0.2, 0.25) is 0 Å². The molecule has 1 unspecified atom stereocenters. The highest BCUT2D eigenvalue weighted by Crippen LogP contribution is 2.23. The van der Waals surface area contributed by atoms with E-state index in [2.05, 4.69) is 28.0 Å². The lowest BCUT2D eigenvalue weighted by Gasteiger charge is -2.06. The minimum absolute atomic E-state index is 0.0830. The van der Waals surface area contributed by atoms with Crippen LogP contribution in [0.1, 0.15) is 45.0 Å². The molecule has 1 atom stereocenters. The molecule has 0 saturated heterocycles. The SMILES string of the molecule is CCc1nn(CC)c(CC(=O)CCC(C)N)c1Br. The van der Waals surface area contributed by atoms with Crippen LogP contribution in [-0.4, -0.2) is 21.6 Å². The van der Waals surface area contributed by atoms with Crippen molar-refractivity contribution < 1.29 is 4.79 Å². The zero-order valence-electron chi connectivity index (χ0n) is 11.4. The monoisotopic (exact) mass is 315 g/mol. The molecule has 0 aromatic carbocycles. The Balaban J connectivity index is 2.77. The Morgan fingerprint density at radius 1 is 1.50 bits per heavy atom. The second-order valence-electron chi connectivity index (χ2n) is 4.61. The Hall–Kier alpha value is -0.680. The second-order valence-corrected chi connectivity index (χ2v) is 5.40. The summed E-state index contributed by atoms with van der Waals surface area (Å²) in [6.07, 6.45) is 2.60. The standard InChI is InChI=1S/C13H22BrN3O/c1-4-11-13(14)12(17(5-2)16-11)8-10(18)7-6-9(3)15/h9H,4-8,15H2,1-3H3. The molecule has 2 N–H and O–H groups in total. The highest BCUT2D eigenvalue weighted by atomic mass is 79.9. The fraction of sp³-hybridized carbons (Fsp3) is 0.692. The molecule has 1 aromatic rings. The molecule has 0 aliphatic carbocycles. The van der Waals surface area contributed by atoms with Gasteiger partial charge in [0.05, 0.1) is 15.9 Å². The van der Waals surface area contributed by atoms with Crippen molar-refractivity contribution >= 4 is 21.7 Å². The van der Waals surface area contributed by atoms with Crippen molar-refractivity contribution in [3.8, 4) is 0 Å². The lowest BCUT2D eigenvalue weighted by molar-refractivity contribution is -0.118. The molecule has 0 aliphatic heterocycles. The first-order chi connectivity index (χ1) is 8.49. The van der Waals surface area contributed by atoms with E-state index in [9.17, 15) is 4.79 Å². The first-order valence-electron chi connectivity index (χ1n) is 6.50. The summed E-state index contributed by atoms with van der Waals surface area (Å²) in [7, 11) is 0. The normalized spacial score (nSPS) is 12.7. The topological polar surface area (TPSA) is 60.9 Å². The number of Topliss-reactive ketones (excluding diaryl/α,β-unsaturated/α-hetero) is 1. The number of carbonyl (C=O) groups excluding carboxylic acids is 1. The van der Waals surface area contributed by atoms with Crippen LogP contribution >= 0.6 is 15.9 Å². The summed E-state index contributed by atoms with van der Waals surface area (Å²) in [5.74, 6) is 0.227. The Bertz CT molecular complexity index is 413. The van der Waals surface area contributed by atoms with Gasteiger partial charge in [-0.1, -0.05) is 6.92 Å². The summed E-state index contributed by atoms with van der Waals surface area (Å²) in [4.78, 5) is 11.9. The molecule has 5 heteroatoms. The third-order valence-electron chi connectivity index (χ3n) is 2.94. The predicted octanol–water partition coefficient (Wildman–Crippen LogP) is 2.47. The maximum atomic E-state index is 11.9. The lowest BCUT2D eigenvalue weighted by Crippen LogP contribution is -2.17. The van der Waals surface area contributed by atoms with Gasteiger partial charge in [0.2, 0.25) is 0 Å². The molecule has 1 aromatic heterocycles. The van der Waals surface area contributed by atoms with E-state index in [4.69, 9.17) is 5.73 Å². The molecule has 102 valence electrons. The zero-order valence-corrected chi connectivity index (χ0v) is 13.0. The third kappa shape index (κ3) is 3.92. The summed E-state index contributed by atoms with van der Waals surface area (Å²) in [5, 5.41) is 4.49. The minimum atomic E-state index is 0.0830. The number of ketones is 1. The van der Waals surface area contributed by atoms with Gasteiger partial charge in [0.1, 0.15) is 5.78 Å². The van der Waals surface area contributed by atoms with Crippen LogP contribution in [0.15, 0.2) is 4.47 Å². The summed E-state index contributed by atoms with van der Waals surface area (Å²) in [6.45, 7) is 6.81. The quantitative estimate of drug-likeness (QED) is 0.840. The van der Waals surface area contributed by atoms with Crippen LogP contribution < -0.4 is 5.73 Å². The molecule has 0 bridgehead atoms. The molecular formula is C13H22BrN3O. The first-order valence-corrected chi connectivity index (χ1v) is 7.30. The molecule has 0 radical (unpaired) electrons. The van der Waals surface area contributed by atoms with Crippen molar-refractivity contribution in [2.75, 3.05) is 0 Å². The number of nitrogens with two attached hydrogens (primary N) is 1. The van der Waals surface area contributed by atoms with Gasteiger partial charge in [-0.05, 0) is 42.6 Å². The van der Waals surface area contributed by atoms with Gasteiger partial charge in [-0.25, -0.2) is 0 Å². The van der Waals surface area contributed by atoms with Crippen LogP contribution in [0.3, 0.4) is 0 Å². The van der Waals surface area contributed by atoms with Crippen LogP contribution in [-0.2, 0) is 24.2 Å². The fourth-order valence-electron chi connectivity index (χ4n) is 1.85. The predicted molar refractivity (Wildman–Crippen MR) is 76.6 cm³/mol. The van der Waals surface area contributed by atoms with Crippen molar-refractivity contribution in [2.24, 2.45) is 5.73 Å². The van der Waals surface area contributed by atoms with Crippen molar-refractivity contribution in [2.45, 2.75) is 59.0 Å². The fourth-order valence-corrected chi connectivity index (χ4v) is 2.55. The van der Waals surface area contributed by atoms with Crippen molar-refractivity contribution in [3.63, 3.8) is 0 Å². The largest absolute Gasteiger partial charge is 0.328 e. The average Bonchev–Trinajstić information content (AvgIpc) is 2.63. The first kappa shape index (κ1) is 15.4. The molecule has 0 amide bonds. The van der Waals surface area contributed by atoms with Crippen LogP contribution in [0.25, 0.3) is 0 Å². The van der Waals surface area contributed by atoms with E-state index in [0.29, 0.717) is 12.8 Å². The Kier molecular flexibility index (Phi) is 6.02. The van der Waals surface area contributed by atoms with E-state index >= 15 is 0 Å². The van der Waals surface area contributed by atoms with E-state index in [1.807, 2.05) is 18.5 Å². The molecule has 0 fully saturated rings. The van der Waals surface area contributed by atoms with E-state index < -0.39 is 0 Å².